The molecule has 0 amide bonds. The van der Waals surface area contributed by atoms with Gasteiger partial charge in [0, 0.05) is 0 Å². The van der Waals surface area contributed by atoms with E-state index < -0.39 is 0 Å². The predicted octanol–water partition coefficient (Wildman–Crippen LogP) is -8.65. The van der Waals surface area contributed by atoms with Gasteiger partial charge in [-0.3, -0.25) is 0 Å². The highest BCUT2D eigenvalue weighted by atomic mass is 19.0. The van der Waals surface area contributed by atoms with Gasteiger partial charge in [-0.25, -0.2) is 0 Å². The summed E-state index contributed by atoms with van der Waals surface area (Å²) in [4.78, 5) is 0. The highest BCUT2D eigenvalue weighted by Crippen LogP contribution is 1.74. The molecule has 0 aliphatic rings. The maximum Gasteiger partial charge on any atom is 0.0675 e. The fourth-order valence-electron chi connectivity index (χ4n) is 0. The smallest absolute Gasteiger partial charge is 0.0675 e. The minimum Gasteiger partial charge on any atom is -1.00 e. The first kappa shape index (κ1) is 57.5. The summed E-state index contributed by atoms with van der Waals surface area (Å²) in [7, 11) is 17.0. The first-order valence-electron chi connectivity index (χ1n) is 3.58. The van der Waals surface area contributed by atoms with Crippen LogP contribution in [-0.4, -0.2) is 87.3 Å². The van der Waals surface area contributed by atoms with E-state index in [2.05, 4.69) is 56.4 Å². The van der Waals surface area contributed by atoms with E-state index in [4.69, 9.17) is 0 Å². The van der Waals surface area contributed by atoms with Crippen LogP contribution in [0.5, 0.6) is 0 Å². The quantitative estimate of drug-likeness (QED) is 0.383. The Morgan fingerprint density at radius 1 is 0.375 bits per heavy atom. The largest absolute Gasteiger partial charge is 1.00 e. The molecule has 16 heavy (non-hydrogen) atoms. The lowest BCUT2D eigenvalue weighted by atomic mass is 10.8. The van der Waals surface area contributed by atoms with Crippen molar-refractivity contribution in [2.24, 2.45) is 0 Å². The SMILES string of the molecule is C[N+](C)(C)C.C[N+](C)(C)C.O.O.O.O.[F-].[F-]. The third kappa shape index (κ3) is 15000. The van der Waals surface area contributed by atoms with Crippen molar-refractivity contribution in [3.8, 4) is 0 Å². The molecule has 0 radical (unpaired) electrons. The summed E-state index contributed by atoms with van der Waals surface area (Å²) >= 11 is 0. The van der Waals surface area contributed by atoms with Gasteiger partial charge in [0.15, 0.2) is 0 Å². The lowest BCUT2D eigenvalue weighted by Crippen LogP contribution is -3.00. The van der Waals surface area contributed by atoms with E-state index in [9.17, 15) is 0 Å². The van der Waals surface area contributed by atoms with Crippen LogP contribution in [0.15, 0.2) is 0 Å². The maximum atomic E-state index is 2.12. The van der Waals surface area contributed by atoms with Crippen molar-refractivity contribution in [2.45, 2.75) is 0 Å². The molecule has 0 rings (SSSR count). The minimum atomic E-state index is 0. The lowest BCUT2D eigenvalue weighted by molar-refractivity contribution is -0.849. The second kappa shape index (κ2) is 20.1. The summed E-state index contributed by atoms with van der Waals surface area (Å²) in [5.41, 5.74) is 0. The second-order valence-electron chi connectivity index (χ2n) is 5.37. The molecule has 0 fully saturated rings. The molecule has 0 aromatic heterocycles. The molecule has 0 unspecified atom stereocenters. The molecule has 0 aromatic carbocycles. The van der Waals surface area contributed by atoms with Gasteiger partial charge in [-0.2, -0.15) is 0 Å². The normalized spacial score (nSPS) is 7.50. The van der Waals surface area contributed by atoms with Crippen LogP contribution in [0.1, 0.15) is 0 Å². The molecule has 0 atom stereocenters. The average molecular weight is 258 g/mol. The van der Waals surface area contributed by atoms with E-state index in [0.717, 1.165) is 8.97 Å². The Hall–Kier alpha value is -0.380. The summed E-state index contributed by atoms with van der Waals surface area (Å²) in [6.07, 6.45) is 0. The van der Waals surface area contributed by atoms with Crippen molar-refractivity contribution >= 4 is 0 Å². The highest BCUT2D eigenvalue weighted by Gasteiger charge is 1.88. The number of quaternary nitrogens is 2. The Bertz CT molecular complexity index is 71.0. The van der Waals surface area contributed by atoms with E-state index in [1.54, 1.807) is 0 Å². The number of nitrogens with zero attached hydrogens (tertiary/aromatic N) is 2. The van der Waals surface area contributed by atoms with E-state index in [0.29, 0.717) is 0 Å². The van der Waals surface area contributed by atoms with Gasteiger partial charge in [-0.05, 0) is 0 Å². The Balaban J connectivity index is -0.00000000970. The highest BCUT2D eigenvalue weighted by molar-refractivity contribution is 3.87. The molecule has 8 heteroatoms. The summed E-state index contributed by atoms with van der Waals surface area (Å²) < 4.78 is 2.00. The Morgan fingerprint density at radius 3 is 0.375 bits per heavy atom. The molecule has 0 aliphatic heterocycles. The molecule has 112 valence electrons. The van der Waals surface area contributed by atoms with Gasteiger partial charge in [0.05, 0.1) is 56.4 Å². The van der Waals surface area contributed by atoms with Crippen LogP contribution in [0.25, 0.3) is 0 Å². The molecule has 0 bridgehead atoms. The van der Waals surface area contributed by atoms with Crippen molar-refractivity contribution < 1.29 is 40.3 Å². The summed E-state index contributed by atoms with van der Waals surface area (Å²) in [5, 5.41) is 0. The van der Waals surface area contributed by atoms with E-state index in [1.807, 2.05) is 0 Å². The average Bonchev–Trinajstić information content (AvgIpc) is 1.12. The summed E-state index contributed by atoms with van der Waals surface area (Å²) in [6.45, 7) is 0. The van der Waals surface area contributed by atoms with E-state index >= 15 is 0 Å². The Labute approximate surface area is 97.6 Å². The first-order valence-corrected chi connectivity index (χ1v) is 3.58. The molecule has 0 spiro atoms. The van der Waals surface area contributed by atoms with Crippen molar-refractivity contribution in [2.75, 3.05) is 56.4 Å². The van der Waals surface area contributed by atoms with Crippen LogP contribution in [0.4, 0.5) is 0 Å². The number of halogens is 2. The molecule has 0 saturated carbocycles. The third-order valence-corrected chi connectivity index (χ3v) is 0. The zero-order valence-corrected chi connectivity index (χ0v) is 11.7. The van der Waals surface area contributed by atoms with Crippen LogP contribution in [0, 0.1) is 0 Å². The van der Waals surface area contributed by atoms with Crippen LogP contribution >= 0.6 is 0 Å². The lowest BCUT2D eigenvalue weighted by Gasteiger charge is -2.14. The minimum absolute atomic E-state index is 0. The first-order chi connectivity index (χ1) is 4.00. The molecule has 0 aromatic rings. The van der Waals surface area contributed by atoms with Crippen LogP contribution in [0.3, 0.4) is 0 Å². The topological polar surface area (TPSA) is 126 Å². The Morgan fingerprint density at radius 2 is 0.375 bits per heavy atom. The monoisotopic (exact) mass is 258 g/mol. The Kier molecular flexibility index (Phi) is 72.2. The van der Waals surface area contributed by atoms with Gasteiger partial charge in [-0.15, -0.1) is 0 Å². The van der Waals surface area contributed by atoms with E-state index in [-0.39, 0.29) is 31.3 Å². The maximum absolute atomic E-state index is 2.12. The fourth-order valence-corrected chi connectivity index (χ4v) is 0. The summed E-state index contributed by atoms with van der Waals surface area (Å²) in [6, 6.07) is 0. The molecule has 6 nitrogen and oxygen atoms in total. The van der Waals surface area contributed by atoms with Crippen molar-refractivity contribution in [3.63, 3.8) is 0 Å². The molecular weight excluding hydrogens is 226 g/mol. The van der Waals surface area contributed by atoms with Crippen LogP contribution < -0.4 is 9.41 Å². The van der Waals surface area contributed by atoms with E-state index in [1.165, 1.54) is 0 Å². The molecule has 0 saturated heterocycles. The third-order valence-electron chi connectivity index (χ3n) is 0. The molecule has 8 N–H and O–H groups in total. The van der Waals surface area contributed by atoms with Gasteiger partial charge in [-0.1, -0.05) is 0 Å². The standard InChI is InChI=1S/2C4H12N.2FH.4H2O/c2*1-5(2,3)4;;;;;;/h2*1-4H3;2*1H;4*1H2/q2*+1;;;;;;/p-2. The molecular formula is C8H32F2N2O4. The van der Waals surface area contributed by atoms with Gasteiger partial charge >= 0.3 is 0 Å². The fraction of sp³-hybridized carbons (Fsp3) is 1.00. The number of rotatable bonds is 0. The summed E-state index contributed by atoms with van der Waals surface area (Å²) in [5.74, 6) is 0. The van der Waals surface area contributed by atoms with Gasteiger partial charge < -0.3 is 40.3 Å². The van der Waals surface area contributed by atoms with Gasteiger partial charge in [0.2, 0.25) is 0 Å². The predicted molar refractivity (Wildman–Crippen MR) is 62.4 cm³/mol. The van der Waals surface area contributed by atoms with Crippen molar-refractivity contribution in [1.82, 2.24) is 0 Å². The zero-order chi connectivity index (χ0) is 9.00. The van der Waals surface area contributed by atoms with Gasteiger partial charge in [0.25, 0.3) is 0 Å². The van der Waals surface area contributed by atoms with Crippen LogP contribution in [0.2, 0.25) is 0 Å². The number of hydrogen-bond donors (Lipinski definition) is 0. The molecule has 0 heterocycles. The van der Waals surface area contributed by atoms with Gasteiger partial charge in [0.1, 0.15) is 0 Å². The number of hydrogen-bond acceptors (Lipinski definition) is 0. The van der Waals surface area contributed by atoms with Crippen LogP contribution in [-0.2, 0) is 0 Å². The zero-order valence-electron chi connectivity index (χ0n) is 11.7. The second-order valence-corrected chi connectivity index (χ2v) is 5.37. The van der Waals surface area contributed by atoms with Crippen molar-refractivity contribution in [3.05, 3.63) is 0 Å². The van der Waals surface area contributed by atoms with Crippen molar-refractivity contribution in [1.29, 1.82) is 0 Å². The molecule has 0 aliphatic carbocycles.